The predicted molar refractivity (Wildman–Crippen MR) is 144 cm³/mol. The summed E-state index contributed by atoms with van der Waals surface area (Å²) in [6.07, 6.45) is 10.4. The fourth-order valence-electron chi connectivity index (χ4n) is 2.30. The van der Waals surface area contributed by atoms with Crippen LogP contribution in [0.15, 0.2) is 58.5 Å². The summed E-state index contributed by atoms with van der Waals surface area (Å²) in [5.41, 5.74) is 1.37. The Morgan fingerprint density at radius 3 is 1.39 bits per heavy atom. The van der Waals surface area contributed by atoms with E-state index in [0.29, 0.717) is 24.2 Å². The van der Waals surface area contributed by atoms with Crippen molar-refractivity contribution in [3.8, 4) is 11.5 Å². The molecule has 0 bridgehead atoms. The Bertz CT molecular complexity index is 869. The molecule has 2 N–H and O–H groups in total. The van der Waals surface area contributed by atoms with Gasteiger partial charge in [-0.15, -0.1) is 23.5 Å². The second-order valence-corrected chi connectivity index (χ2v) is 12.2. The molecule has 11 heteroatoms. The van der Waals surface area contributed by atoms with Crippen molar-refractivity contribution in [3.05, 3.63) is 59.7 Å². The topological polar surface area (TPSA) is 99.3 Å². The van der Waals surface area contributed by atoms with Gasteiger partial charge in [-0.1, -0.05) is 24.3 Å². The predicted octanol–water partition coefficient (Wildman–Crippen LogP) is 3.75. The van der Waals surface area contributed by atoms with Crippen molar-refractivity contribution in [2.75, 3.05) is 38.1 Å². The molecule has 2 rings (SSSR count). The van der Waals surface area contributed by atoms with Gasteiger partial charge in [-0.25, -0.2) is 0 Å². The Labute approximate surface area is 220 Å². The van der Waals surface area contributed by atoms with Crippen molar-refractivity contribution in [2.24, 2.45) is 9.98 Å². The average Bonchev–Trinajstić information content (AvgIpc) is 2.76. The molecule has 0 spiro atoms. The van der Waals surface area contributed by atoms with Crippen molar-refractivity contribution in [3.63, 3.8) is 0 Å². The van der Waals surface area contributed by atoms with Crippen LogP contribution in [0.25, 0.3) is 0 Å². The Morgan fingerprint density at radius 1 is 0.788 bits per heavy atom. The van der Waals surface area contributed by atoms with Crippen LogP contribution in [-0.4, -0.2) is 78.3 Å². The first kappa shape index (κ1) is 31.9. The second-order valence-electron chi connectivity index (χ2n) is 6.43. The van der Waals surface area contributed by atoms with Crippen LogP contribution in [0.1, 0.15) is 11.1 Å². The van der Waals surface area contributed by atoms with Gasteiger partial charge in [0.15, 0.2) is 0 Å². The van der Waals surface area contributed by atoms with Gasteiger partial charge in [-0.05, 0) is 36.8 Å². The Morgan fingerprint density at radius 2 is 1.12 bits per heavy atom. The maximum atomic E-state index is 11.3. The number of aliphatic imine (C=N–C) groups is 2. The van der Waals surface area contributed by atoms with Crippen LogP contribution in [0.3, 0.4) is 0 Å². The molecule has 4 atom stereocenters. The van der Waals surface area contributed by atoms with Crippen LogP contribution in [0, 0.1) is 0 Å². The molecule has 0 aliphatic heterocycles. The normalized spacial score (nSPS) is 14.7. The van der Waals surface area contributed by atoms with Gasteiger partial charge in [-0.2, -0.15) is 0 Å². The molecule has 0 saturated carbocycles. The molecule has 0 fully saturated rings. The first-order valence-corrected chi connectivity index (χ1v) is 15.4. The summed E-state index contributed by atoms with van der Waals surface area (Å²) in [5.74, 6) is 0.425. The number of hydrogen-bond donors (Lipinski definition) is 2. The van der Waals surface area contributed by atoms with Gasteiger partial charge in [0.2, 0.25) is 0 Å². The minimum atomic E-state index is -0.880. The van der Waals surface area contributed by atoms with Crippen LogP contribution in [0.5, 0.6) is 11.5 Å². The number of thioether (sulfide) groups is 2. The van der Waals surface area contributed by atoms with E-state index in [4.69, 9.17) is 0 Å². The van der Waals surface area contributed by atoms with Gasteiger partial charge >= 0.3 is 0 Å². The van der Waals surface area contributed by atoms with Crippen molar-refractivity contribution >= 4 is 57.6 Å². The molecule has 0 aliphatic carbocycles. The Kier molecular flexibility index (Phi) is 17.6. The molecule has 0 saturated heterocycles. The largest absolute Gasteiger partial charge is 0.507 e. The van der Waals surface area contributed by atoms with E-state index in [9.17, 15) is 18.6 Å². The quantitative estimate of drug-likeness (QED) is 0.329. The van der Waals surface area contributed by atoms with E-state index in [0.717, 1.165) is 0 Å². The SMILES string of the molecule is CSC(CN=Cc1ccccc1O)S(C)=O.CSC(CN=Cc1ccccc1O)S(C)=O.[Cu]. The van der Waals surface area contributed by atoms with Gasteiger partial charge in [0.05, 0.1) is 22.3 Å². The van der Waals surface area contributed by atoms with Crippen molar-refractivity contribution in [1.82, 2.24) is 0 Å². The van der Waals surface area contributed by atoms with Crippen molar-refractivity contribution < 1.29 is 35.7 Å². The Balaban J connectivity index is 0.000000602. The van der Waals surface area contributed by atoms with Gasteiger partial charge < -0.3 is 10.2 Å². The fourth-order valence-corrected chi connectivity index (χ4v) is 5.53. The first-order chi connectivity index (χ1) is 15.3. The van der Waals surface area contributed by atoms with E-state index in [2.05, 4.69) is 9.98 Å². The minimum Gasteiger partial charge on any atom is -0.507 e. The van der Waals surface area contributed by atoms with Crippen LogP contribution in [0.4, 0.5) is 0 Å². The zero-order valence-electron chi connectivity index (χ0n) is 18.9. The maximum absolute atomic E-state index is 11.3. The molecule has 187 valence electrons. The Hall–Kier alpha value is -1.10. The zero-order valence-corrected chi connectivity index (χ0v) is 23.1. The third kappa shape index (κ3) is 12.8. The number of phenols is 2. The third-order valence-corrected chi connectivity index (χ3v) is 10.0. The summed E-state index contributed by atoms with van der Waals surface area (Å²) in [6.45, 7) is 0.997. The molecule has 6 nitrogen and oxygen atoms in total. The summed E-state index contributed by atoms with van der Waals surface area (Å²) >= 11 is 3.08. The van der Waals surface area contributed by atoms with Crippen LogP contribution < -0.4 is 0 Å². The molecule has 1 radical (unpaired) electrons. The summed E-state index contributed by atoms with van der Waals surface area (Å²) < 4.78 is 22.5. The number of hydrogen-bond acceptors (Lipinski definition) is 8. The standard InChI is InChI=1S/2C11H15NO2S2.Cu/c2*1-15-11(16(2)14)8-12-7-9-5-3-4-6-10(9)13;/h2*3-7,11,13H,8H2,1-2H3;. The van der Waals surface area contributed by atoms with E-state index in [-0.39, 0.29) is 37.7 Å². The van der Waals surface area contributed by atoms with E-state index in [1.54, 1.807) is 84.9 Å². The molecular formula is C22H30CuN2O4S4. The summed E-state index contributed by atoms with van der Waals surface area (Å²) in [4.78, 5) is 8.39. The average molecular weight is 578 g/mol. The number of aromatic hydroxyl groups is 2. The second kappa shape index (κ2) is 18.3. The van der Waals surface area contributed by atoms with E-state index in [1.165, 1.54) is 0 Å². The first-order valence-electron chi connectivity index (χ1n) is 9.55. The van der Waals surface area contributed by atoms with E-state index in [1.807, 2.05) is 24.6 Å². The number of benzene rings is 2. The van der Waals surface area contributed by atoms with Crippen molar-refractivity contribution in [2.45, 2.75) is 9.16 Å². The number of phenolic OH excluding ortho intramolecular Hbond substituents is 2. The van der Waals surface area contributed by atoms with E-state index < -0.39 is 21.6 Å². The molecule has 0 amide bonds. The monoisotopic (exact) mass is 577 g/mol. The summed E-state index contributed by atoms with van der Waals surface area (Å²) in [5, 5.41) is 19.0. The molecule has 2 aromatic carbocycles. The molecule has 0 aliphatic rings. The van der Waals surface area contributed by atoms with Gasteiger partial charge in [0, 0.05) is 74.7 Å². The molecule has 33 heavy (non-hydrogen) atoms. The molecule has 0 aromatic heterocycles. The van der Waals surface area contributed by atoms with Gasteiger partial charge in [0.1, 0.15) is 11.5 Å². The number of para-hydroxylation sites is 2. The minimum absolute atomic E-state index is 0. The van der Waals surface area contributed by atoms with Gasteiger partial charge in [0.25, 0.3) is 0 Å². The van der Waals surface area contributed by atoms with Crippen LogP contribution in [0.2, 0.25) is 0 Å². The third-order valence-electron chi connectivity index (χ3n) is 4.11. The maximum Gasteiger partial charge on any atom is 0.124 e. The summed E-state index contributed by atoms with van der Waals surface area (Å²) in [7, 11) is -1.76. The smallest absolute Gasteiger partial charge is 0.124 e. The number of nitrogens with zero attached hydrogens (tertiary/aromatic N) is 2. The van der Waals surface area contributed by atoms with Gasteiger partial charge in [-0.3, -0.25) is 18.4 Å². The van der Waals surface area contributed by atoms with Crippen LogP contribution >= 0.6 is 23.5 Å². The fraction of sp³-hybridized carbons (Fsp3) is 0.364. The number of rotatable bonds is 10. The zero-order chi connectivity index (χ0) is 23.9. The summed E-state index contributed by atoms with van der Waals surface area (Å²) in [6, 6.07) is 14.0. The molecule has 0 heterocycles. The molecule has 4 unspecified atom stereocenters. The van der Waals surface area contributed by atoms with E-state index >= 15 is 0 Å². The molecular weight excluding hydrogens is 548 g/mol. The van der Waals surface area contributed by atoms with Crippen LogP contribution in [-0.2, 0) is 38.7 Å². The molecule has 2 aromatic rings. The van der Waals surface area contributed by atoms with Crippen molar-refractivity contribution in [1.29, 1.82) is 0 Å².